The molecule has 3 N–H and O–H groups in total. The molecule has 0 radical (unpaired) electrons. The second kappa shape index (κ2) is 10.2. The highest BCUT2D eigenvalue weighted by atomic mass is 16.5. The van der Waals surface area contributed by atoms with E-state index in [4.69, 9.17) is 9.84 Å². The van der Waals surface area contributed by atoms with Crippen LogP contribution < -0.4 is 20.4 Å². The molecule has 2 heterocycles. The zero-order valence-electron chi connectivity index (χ0n) is 17.3. The van der Waals surface area contributed by atoms with Gasteiger partial charge in [0.1, 0.15) is 5.75 Å². The third-order valence-corrected chi connectivity index (χ3v) is 4.64. The van der Waals surface area contributed by atoms with Crippen LogP contribution in [0.1, 0.15) is 18.4 Å². The number of carboxylic acid groups (broad SMARTS) is 1. The lowest BCUT2D eigenvalue weighted by Gasteiger charge is -2.16. The molecule has 0 aliphatic carbocycles. The lowest BCUT2D eigenvalue weighted by Crippen LogP contribution is -2.21. The Morgan fingerprint density at radius 2 is 1.84 bits per heavy atom. The zero-order valence-corrected chi connectivity index (χ0v) is 17.3. The number of nitrogens with zero attached hydrogens (tertiary/aromatic N) is 5. The fraction of sp³-hybridized carbons (Fsp3) is 0.227. The number of anilines is 4. The van der Waals surface area contributed by atoms with Crippen molar-refractivity contribution in [2.45, 2.75) is 12.8 Å². The average Bonchev–Trinajstić information content (AvgIpc) is 3.34. The number of hydrogen-bond donors (Lipinski definition) is 3. The second-order valence-corrected chi connectivity index (χ2v) is 7.09. The minimum atomic E-state index is -1.03. The van der Waals surface area contributed by atoms with E-state index in [2.05, 4.69) is 35.7 Å². The van der Waals surface area contributed by atoms with Gasteiger partial charge in [0, 0.05) is 18.8 Å². The van der Waals surface area contributed by atoms with E-state index in [-0.39, 0.29) is 0 Å². The normalized spacial score (nSPS) is 13.3. The summed E-state index contributed by atoms with van der Waals surface area (Å²) in [7, 11) is 0. The minimum Gasteiger partial charge on any atom is -0.482 e. The molecule has 1 fully saturated rings. The molecule has 2 aromatic carbocycles. The molecule has 10 nitrogen and oxygen atoms in total. The Bertz CT molecular complexity index is 1090. The number of carboxylic acids is 1. The largest absolute Gasteiger partial charge is 0.482 e. The standard InChI is InChI=1S/C22H23N7O3/c30-19(31)15-32-18-10-6-7-16(13-18)14-23-28-21-25-20(24-17-8-2-1-3-9-17)26-22(27-21)29-11-4-5-12-29/h1-3,6-10,13-14H,4-5,11-12,15H2,(H,30,31)(H2,24,25,26,27,28). The van der Waals surface area contributed by atoms with Crippen molar-refractivity contribution in [1.29, 1.82) is 0 Å². The SMILES string of the molecule is O=C(O)COc1cccc(C=NNc2nc(Nc3ccccc3)nc(N3CCCC3)n2)c1. The molecule has 1 aromatic heterocycles. The summed E-state index contributed by atoms with van der Waals surface area (Å²) in [6, 6.07) is 16.6. The third kappa shape index (κ3) is 5.91. The van der Waals surface area contributed by atoms with Gasteiger partial charge in [-0.05, 0) is 42.7 Å². The summed E-state index contributed by atoms with van der Waals surface area (Å²) >= 11 is 0. The molecule has 1 aliphatic rings. The van der Waals surface area contributed by atoms with E-state index in [9.17, 15) is 4.79 Å². The van der Waals surface area contributed by atoms with Gasteiger partial charge in [0.15, 0.2) is 6.61 Å². The molecular formula is C22H23N7O3. The number of para-hydroxylation sites is 1. The van der Waals surface area contributed by atoms with E-state index >= 15 is 0 Å². The van der Waals surface area contributed by atoms with Gasteiger partial charge < -0.3 is 20.1 Å². The smallest absolute Gasteiger partial charge is 0.341 e. The lowest BCUT2D eigenvalue weighted by atomic mass is 10.2. The molecule has 1 aliphatic heterocycles. The molecule has 10 heteroatoms. The first-order chi connectivity index (χ1) is 15.7. The highest BCUT2D eigenvalue weighted by molar-refractivity contribution is 5.80. The van der Waals surface area contributed by atoms with Gasteiger partial charge in [0.2, 0.25) is 17.8 Å². The van der Waals surface area contributed by atoms with Gasteiger partial charge in [-0.25, -0.2) is 10.2 Å². The zero-order chi connectivity index (χ0) is 22.2. The summed E-state index contributed by atoms with van der Waals surface area (Å²) in [5.41, 5.74) is 4.47. The van der Waals surface area contributed by atoms with Gasteiger partial charge >= 0.3 is 5.97 Å². The van der Waals surface area contributed by atoms with Crippen molar-refractivity contribution in [2.24, 2.45) is 5.10 Å². The fourth-order valence-corrected chi connectivity index (χ4v) is 3.17. The molecule has 0 saturated carbocycles. The van der Waals surface area contributed by atoms with Crippen LogP contribution in [0.25, 0.3) is 0 Å². The van der Waals surface area contributed by atoms with Crippen molar-refractivity contribution in [1.82, 2.24) is 15.0 Å². The maximum atomic E-state index is 10.7. The molecule has 32 heavy (non-hydrogen) atoms. The molecular weight excluding hydrogens is 410 g/mol. The predicted molar refractivity (Wildman–Crippen MR) is 122 cm³/mol. The van der Waals surface area contributed by atoms with E-state index in [1.54, 1.807) is 24.4 Å². The van der Waals surface area contributed by atoms with Crippen LogP contribution in [-0.2, 0) is 4.79 Å². The van der Waals surface area contributed by atoms with Crippen LogP contribution in [0.3, 0.4) is 0 Å². The number of carbonyl (C=O) groups is 1. The average molecular weight is 433 g/mol. The quantitative estimate of drug-likeness (QED) is 0.345. The fourth-order valence-electron chi connectivity index (χ4n) is 3.17. The number of aromatic nitrogens is 3. The molecule has 0 bridgehead atoms. The highest BCUT2D eigenvalue weighted by Crippen LogP contribution is 2.21. The number of aliphatic carboxylic acids is 1. The van der Waals surface area contributed by atoms with Crippen LogP contribution in [0.5, 0.6) is 5.75 Å². The summed E-state index contributed by atoms with van der Waals surface area (Å²) in [6.07, 6.45) is 3.79. The molecule has 0 atom stereocenters. The monoisotopic (exact) mass is 433 g/mol. The minimum absolute atomic E-state index is 0.315. The maximum Gasteiger partial charge on any atom is 0.341 e. The number of hydrazone groups is 1. The topological polar surface area (TPSA) is 125 Å². The first kappa shape index (κ1) is 21.0. The Kier molecular flexibility index (Phi) is 6.71. The van der Waals surface area contributed by atoms with Gasteiger partial charge in [0.25, 0.3) is 0 Å². The van der Waals surface area contributed by atoms with Crippen LogP contribution in [0.4, 0.5) is 23.5 Å². The molecule has 4 rings (SSSR count). The lowest BCUT2D eigenvalue weighted by molar-refractivity contribution is -0.139. The summed E-state index contributed by atoms with van der Waals surface area (Å²) < 4.78 is 5.19. The number of nitrogens with one attached hydrogen (secondary N) is 2. The first-order valence-corrected chi connectivity index (χ1v) is 10.2. The Morgan fingerprint density at radius 1 is 1.06 bits per heavy atom. The van der Waals surface area contributed by atoms with Gasteiger partial charge in [-0.3, -0.25) is 0 Å². The number of hydrogen-bond acceptors (Lipinski definition) is 9. The Balaban J connectivity index is 1.49. The third-order valence-electron chi connectivity index (χ3n) is 4.64. The van der Waals surface area contributed by atoms with Crippen molar-refractivity contribution in [2.75, 3.05) is 35.3 Å². The number of benzene rings is 2. The van der Waals surface area contributed by atoms with E-state index < -0.39 is 12.6 Å². The van der Waals surface area contributed by atoms with E-state index in [0.29, 0.717) is 23.6 Å². The van der Waals surface area contributed by atoms with Crippen LogP contribution in [0.2, 0.25) is 0 Å². The Morgan fingerprint density at radius 3 is 2.62 bits per heavy atom. The Hall–Kier alpha value is -4.21. The van der Waals surface area contributed by atoms with E-state index in [1.807, 2.05) is 36.4 Å². The summed E-state index contributed by atoms with van der Waals surface area (Å²) in [6.45, 7) is 1.40. The summed E-state index contributed by atoms with van der Waals surface area (Å²) in [5, 5.41) is 16.2. The van der Waals surface area contributed by atoms with Crippen LogP contribution in [0, 0.1) is 0 Å². The summed E-state index contributed by atoms with van der Waals surface area (Å²) in [5.74, 6) is 0.749. The van der Waals surface area contributed by atoms with Crippen LogP contribution in [-0.4, -0.2) is 51.9 Å². The molecule has 1 saturated heterocycles. The van der Waals surface area contributed by atoms with Crippen molar-refractivity contribution in [3.8, 4) is 5.75 Å². The maximum absolute atomic E-state index is 10.7. The second-order valence-electron chi connectivity index (χ2n) is 7.09. The van der Waals surface area contributed by atoms with Gasteiger partial charge in [0.05, 0.1) is 6.21 Å². The number of rotatable bonds is 9. The van der Waals surface area contributed by atoms with Crippen LogP contribution in [0.15, 0.2) is 59.7 Å². The van der Waals surface area contributed by atoms with E-state index in [1.165, 1.54) is 0 Å². The van der Waals surface area contributed by atoms with Crippen molar-refractivity contribution < 1.29 is 14.6 Å². The van der Waals surface area contributed by atoms with Crippen molar-refractivity contribution in [3.05, 3.63) is 60.2 Å². The van der Waals surface area contributed by atoms with Gasteiger partial charge in [-0.2, -0.15) is 20.1 Å². The van der Waals surface area contributed by atoms with Crippen LogP contribution >= 0.6 is 0 Å². The summed E-state index contributed by atoms with van der Waals surface area (Å²) in [4.78, 5) is 26.3. The molecule has 0 amide bonds. The molecule has 164 valence electrons. The van der Waals surface area contributed by atoms with Crippen molar-refractivity contribution in [3.63, 3.8) is 0 Å². The van der Waals surface area contributed by atoms with Crippen molar-refractivity contribution >= 4 is 35.7 Å². The number of ether oxygens (including phenoxy) is 1. The first-order valence-electron chi connectivity index (χ1n) is 10.2. The molecule has 0 unspecified atom stereocenters. The van der Waals surface area contributed by atoms with Gasteiger partial charge in [-0.15, -0.1) is 0 Å². The molecule has 3 aromatic rings. The molecule has 0 spiro atoms. The van der Waals surface area contributed by atoms with Gasteiger partial charge in [-0.1, -0.05) is 30.3 Å². The highest BCUT2D eigenvalue weighted by Gasteiger charge is 2.17. The Labute approximate surface area is 185 Å². The predicted octanol–water partition coefficient (Wildman–Crippen LogP) is 3.12. The van der Waals surface area contributed by atoms with E-state index in [0.717, 1.165) is 37.2 Å².